The number of rotatable bonds is 6. The highest BCUT2D eigenvalue weighted by atomic mass is 79.9. The lowest BCUT2D eigenvalue weighted by atomic mass is 9.49. The van der Waals surface area contributed by atoms with Gasteiger partial charge in [0.2, 0.25) is 11.8 Å². The quantitative estimate of drug-likeness (QED) is 0.119. The topological polar surface area (TPSA) is 124 Å². The molecule has 0 aromatic heterocycles. The molecule has 0 bridgehead atoms. The Bertz CT molecular complexity index is 2230. The van der Waals surface area contributed by atoms with Crippen LogP contribution in [0.1, 0.15) is 47.2 Å². The molecule has 1 saturated carbocycles. The van der Waals surface area contributed by atoms with Crippen LogP contribution in [-0.4, -0.2) is 39.5 Å². The van der Waals surface area contributed by atoms with Gasteiger partial charge >= 0.3 is 0 Å². The molecule has 4 aromatic carbocycles. The number of phenolic OH excluding ortho intramolecular Hbond substituents is 1. The molecule has 6 atom stereocenters. The van der Waals surface area contributed by atoms with Crippen LogP contribution in [0.2, 0.25) is 5.02 Å². The molecule has 8 rings (SSSR count). The zero-order chi connectivity index (χ0) is 36.6. The molecule has 0 radical (unpaired) electrons. The lowest BCUT2D eigenvalue weighted by Crippen LogP contribution is -2.53. The minimum Gasteiger partial charge on any atom is -0.508 e. The molecule has 12 heteroatoms. The van der Waals surface area contributed by atoms with E-state index < -0.39 is 58.5 Å². The fraction of sp³-hybridized carbons (Fsp3) is 0.225. The number of carbonyl (C=O) groups excluding carboxylic acids is 5. The van der Waals surface area contributed by atoms with Crippen LogP contribution in [0.3, 0.4) is 0 Å². The van der Waals surface area contributed by atoms with Crippen LogP contribution >= 0.6 is 27.5 Å². The molecule has 2 heterocycles. The first-order valence-electron chi connectivity index (χ1n) is 16.8. The van der Waals surface area contributed by atoms with E-state index in [9.17, 15) is 28.7 Å². The summed E-state index contributed by atoms with van der Waals surface area (Å²) in [6, 6.07) is 23.1. The molecule has 9 nitrogen and oxygen atoms in total. The highest BCUT2D eigenvalue weighted by Crippen LogP contribution is 2.65. The van der Waals surface area contributed by atoms with Gasteiger partial charge in [-0.1, -0.05) is 51.3 Å². The zero-order valence-corrected chi connectivity index (χ0v) is 29.9. The van der Waals surface area contributed by atoms with Gasteiger partial charge in [0.25, 0.3) is 11.8 Å². The third kappa shape index (κ3) is 5.04. The van der Waals surface area contributed by atoms with E-state index >= 15 is 4.79 Å². The maximum absolute atomic E-state index is 15.2. The fourth-order valence-electron chi connectivity index (χ4n) is 8.86. The Kier molecular flexibility index (Phi) is 8.18. The van der Waals surface area contributed by atoms with Crippen molar-refractivity contribution in [1.82, 2.24) is 5.01 Å². The number of hydrogen-bond acceptors (Lipinski definition) is 7. The zero-order valence-electron chi connectivity index (χ0n) is 27.6. The van der Waals surface area contributed by atoms with E-state index in [0.717, 1.165) is 9.91 Å². The van der Waals surface area contributed by atoms with Gasteiger partial charge in [-0.05, 0) is 110 Å². The number of anilines is 2. The van der Waals surface area contributed by atoms with Crippen molar-refractivity contribution in [3.05, 3.63) is 135 Å². The number of phenols is 1. The third-order valence-corrected chi connectivity index (χ3v) is 11.8. The monoisotopic (exact) mass is 781 g/mol. The summed E-state index contributed by atoms with van der Waals surface area (Å²) in [4.78, 5) is 71.5. The van der Waals surface area contributed by atoms with E-state index in [0.29, 0.717) is 43.1 Å². The molecule has 52 heavy (non-hydrogen) atoms. The van der Waals surface area contributed by atoms with Crippen LogP contribution in [0.4, 0.5) is 15.8 Å². The second-order valence-electron chi connectivity index (χ2n) is 13.7. The highest BCUT2D eigenvalue weighted by Gasteiger charge is 2.70. The Morgan fingerprint density at radius 3 is 2.27 bits per heavy atom. The minimum atomic E-state index is -1.63. The first kappa shape index (κ1) is 34.0. The van der Waals surface area contributed by atoms with Gasteiger partial charge in [0.05, 0.1) is 34.5 Å². The molecular weight excluding hydrogens is 753 g/mol. The van der Waals surface area contributed by atoms with Gasteiger partial charge in [-0.2, -0.15) is 5.01 Å². The van der Waals surface area contributed by atoms with Gasteiger partial charge in [-0.25, -0.2) is 4.39 Å². The first-order chi connectivity index (χ1) is 24.9. The Hall–Kier alpha value is -5.13. The summed E-state index contributed by atoms with van der Waals surface area (Å²) in [5, 5.41) is 12.9. The van der Waals surface area contributed by atoms with Crippen LogP contribution in [0, 0.1) is 29.5 Å². The molecule has 2 aliphatic heterocycles. The maximum Gasteiger partial charge on any atom is 0.260 e. The Morgan fingerprint density at radius 1 is 0.904 bits per heavy atom. The summed E-state index contributed by atoms with van der Waals surface area (Å²) in [5.41, 5.74) is 3.87. The second-order valence-corrected chi connectivity index (χ2v) is 15.0. The van der Waals surface area contributed by atoms with E-state index in [1.165, 1.54) is 37.3 Å². The largest absolute Gasteiger partial charge is 0.508 e. The number of halogens is 3. The van der Waals surface area contributed by atoms with Gasteiger partial charge < -0.3 is 5.11 Å². The van der Waals surface area contributed by atoms with Crippen LogP contribution in [-0.2, 0) is 24.6 Å². The molecule has 4 amide bonds. The predicted molar refractivity (Wildman–Crippen MR) is 194 cm³/mol. The Balaban J connectivity index is 1.31. The number of imide groups is 2. The molecular formula is C40H30BrClFN3O6. The number of allylic oxidation sites excluding steroid dienone is 2. The van der Waals surface area contributed by atoms with Crippen LogP contribution < -0.4 is 10.3 Å². The normalized spacial score (nSPS) is 26.5. The maximum atomic E-state index is 15.2. The number of fused-ring (bicyclic) bond motifs is 4. The van der Waals surface area contributed by atoms with Crippen molar-refractivity contribution in [2.75, 3.05) is 10.3 Å². The SMILES string of the molecule is CC(=O)c1ccc(N2C(=O)[C@H]3[C@H](CC=C4[C@H]3C[C@H]3C(=O)N(Nc5ccc(F)cc5)C(=O)[C@@]3(c3ccc(Cl)cc3)[C@H]4c3cc(Br)ccc3O)C2=O)cc1. The van der Waals surface area contributed by atoms with Crippen molar-refractivity contribution in [2.45, 2.75) is 31.1 Å². The number of ketones is 1. The molecule has 2 N–H and O–H groups in total. The van der Waals surface area contributed by atoms with Gasteiger partial charge in [-0.3, -0.25) is 34.3 Å². The van der Waals surface area contributed by atoms with Gasteiger partial charge in [-0.15, -0.1) is 0 Å². The average Bonchev–Trinajstić information content (AvgIpc) is 3.51. The van der Waals surface area contributed by atoms with Gasteiger partial charge in [0.15, 0.2) is 5.78 Å². The molecule has 4 aliphatic rings. The molecule has 3 fully saturated rings. The van der Waals surface area contributed by atoms with E-state index in [-0.39, 0.29) is 30.3 Å². The van der Waals surface area contributed by atoms with Crippen molar-refractivity contribution < 1.29 is 33.5 Å². The van der Waals surface area contributed by atoms with Crippen molar-refractivity contribution in [2.24, 2.45) is 23.7 Å². The Morgan fingerprint density at radius 2 is 1.60 bits per heavy atom. The average molecular weight is 783 g/mol. The van der Waals surface area contributed by atoms with Gasteiger partial charge in [0, 0.05) is 26.5 Å². The number of nitrogens with zero attached hydrogens (tertiary/aromatic N) is 2. The summed E-state index contributed by atoms with van der Waals surface area (Å²) >= 11 is 9.87. The van der Waals surface area contributed by atoms with Crippen LogP contribution in [0.5, 0.6) is 5.75 Å². The molecule has 2 saturated heterocycles. The van der Waals surface area contributed by atoms with Crippen LogP contribution in [0.15, 0.2) is 107 Å². The van der Waals surface area contributed by atoms with Crippen molar-refractivity contribution in [3.8, 4) is 5.75 Å². The second kappa shape index (κ2) is 12.5. The standard InChI is InChI=1S/C40H30BrClFN3O6/c1-20(47)21-2-13-27(14-3-21)45-36(49)29-16-15-28-30(34(29)38(45)51)19-32-37(50)46(44-26-11-9-25(43)10-12-26)39(52)40(32,22-4-7-24(42)8-5-22)35(28)31-18-23(41)6-17-33(31)48/h2-15,17-18,29-30,32,34-35,44,48H,16,19H2,1H3/t29-,30+,32-,34-,35+,40+/m0/s1. The summed E-state index contributed by atoms with van der Waals surface area (Å²) in [7, 11) is 0. The fourth-order valence-corrected chi connectivity index (χ4v) is 9.36. The van der Waals surface area contributed by atoms with E-state index in [4.69, 9.17) is 11.6 Å². The molecule has 262 valence electrons. The third-order valence-electron chi connectivity index (χ3n) is 11.1. The number of nitrogens with one attached hydrogen (secondary N) is 1. The summed E-state index contributed by atoms with van der Waals surface area (Å²) < 4.78 is 14.5. The van der Waals surface area contributed by atoms with Crippen LogP contribution in [0.25, 0.3) is 0 Å². The lowest BCUT2D eigenvalue weighted by molar-refractivity contribution is -0.138. The van der Waals surface area contributed by atoms with Gasteiger partial charge in [0.1, 0.15) is 11.6 Å². The molecule has 4 aromatic rings. The lowest BCUT2D eigenvalue weighted by Gasteiger charge is -2.50. The van der Waals surface area contributed by atoms with E-state index in [1.54, 1.807) is 60.7 Å². The van der Waals surface area contributed by atoms with E-state index in [2.05, 4.69) is 21.4 Å². The summed E-state index contributed by atoms with van der Waals surface area (Å²) in [5.74, 6) is -7.02. The number of aromatic hydroxyl groups is 1. The number of hydrogen-bond donors (Lipinski definition) is 2. The molecule has 2 aliphatic carbocycles. The minimum absolute atomic E-state index is 0.0448. The number of benzene rings is 4. The number of amides is 4. The van der Waals surface area contributed by atoms with Crippen molar-refractivity contribution >= 4 is 68.3 Å². The summed E-state index contributed by atoms with van der Waals surface area (Å²) in [6.07, 6.45) is 2.13. The first-order valence-corrected chi connectivity index (χ1v) is 17.9. The predicted octanol–water partition coefficient (Wildman–Crippen LogP) is 7.34. The summed E-state index contributed by atoms with van der Waals surface area (Å²) in [6.45, 7) is 1.43. The van der Waals surface area contributed by atoms with Crippen molar-refractivity contribution in [1.29, 1.82) is 0 Å². The highest BCUT2D eigenvalue weighted by molar-refractivity contribution is 9.10. The number of Topliss-reactive ketones (excluding diaryl/α,β-unsaturated/α-hetero) is 1. The smallest absolute Gasteiger partial charge is 0.260 e. The molecule has 0 unspecified atom stereocenters. The number of carbonyl (C=O) groups is 5. The molecule has 0 spiro atoms. The van der Waals surface area contributed by atoms with E-state index in [1.807, 2.05) is 6.08 Å². The number of hydrazine groups is 1. The Labute approximate surface area is 311 Å². The van der Waals surface area contributed by atoms with Crippen molar-refractivity contribution in [3.63, 3.8) is 0 Å².